The highest BCUT2D eigenvalue weighted by Gasteiger charge is 2.32. The molecule has 11 nitrogen and oxygen atoms in total. The van der Waals surface area contributed by atoms with Crippen LogP contribution in [0, 0.1) is 10.1 Å². The van der Waals surface area contributed by atoms with Gasteiger partial charge in [-0.15, -0.1) is 0 Å². The predicted molar refractivity (Wildman–Crippen MR) is 116 cm³/mol. The number of carbonyl (C=O) groups is 2. The molecule has 0 spiro atoms. The van der Waals surface area contributed by atoms with Crippen molar-refractivity contribution in [1.29, 1.82) is 0 Å². The second-order valence-corrected chi connectivity index (χ2v) is 6.60. The van der Waals surface area contributed by atoms with Crippen LogP contribution in [0.15, 0.2) is 24.3 Å². The number of amides is 2. The molecule has 0 bridgehead atoms. The van der Waals surface area contributed by atoms with E-state index in [-0.39, 0.29) is 39.1 Å². The van der Waals surface area contributed by atoms with Crippen LogP contribution in [0.3, 0.4) is 0 Å². The minimum atomic E-state index is -0.815. The average molecular weight is 468 g/mol. The van der Waals surface area contributed by atoms with Crippen LogP contribution >= 0.6 is 11.6 Å². The van der Waals surface area contributed by atoms with E-state index in [0.717, 1.165) is 0 Å². The lowest BCUT2D eigenvalue weighted by atomic mass is 10.1. The van der Waals surface area contributed by atoms with Gasteiger partial charge in [0, 0.05) is 25.4 Å². The molecule has 0 heterocycles. The van der Waals surface area contributed by atoms with Crippen molar-refractivity contribution < 1.29 is 33.5 Å². The molecule has 2 amide bonds. The van der Waals surface area contributed by atoms with Crippen LogP contribution in [-0.2, 0) is 4.74 Å². The van der Waals surface area contributed by atoms with E-state index in [9.17, 15) is 19.7 Å². The Morgan fingerprint density at radius 1 is 1.00 bits per heavy atom. The lowest BCUT2D eigenvalue weighted by molar-refractivity contribution is -0.386. The van der Waals surface area contributed by atoms with E-state index in [0.29, 0.717) is 13.2 Å². The van der Waals surface area contributed by atoms with Crippen LogP contribution in [0.4, 0.5) is 11.4 Å². The zero-order valence-electron chi connectivity index (χ0n) is 17.8. The topological polar surface area (TPSA) is 138 Å². The zero-order chi connectivity index (χ0) is 23.8. The van der Waals surface area contributed by atoms with Gasteiger partial charge in [-0.25, -0.2) is 0 Å². The fourth-order valence-corrected chi connectivity index (χ4v) is 3.10. The molecule has 0 saturated heterocycles. The minimum absolute atomic E-state index is 0.0230. The van der Waals surface area contributed by atoms with Crippen molar-refractivity contribution in [1.82, 2.24) is 5.32 Å². The van der Waals surface area contributed by atoms with Crippen LogP contribution in [0.2, 0.25) is 5.02 Å². The molecule has 2 aromatic carbocycles. The fraction of sp³-hybridized carbons (Fsp3) is 0.300. The average Bonchev–Trinajstić information content (AvgIpc) is 2.77. The Hall–Kier alpha value is -3.57. The molecule has 0 aliphatic rings. The molecule has 0 saturated carbocycles. The highest BCUT2D eigenvalue weighted by Crippen LogP contribution is 2.46. The first-order valence-corrected chi connectivity index (χ1v) is 9.52. The number of hydrogen-bond donors (Lipinski definition) is 2. The van der Waals surface area contributed by atoms with Gasteiger partial charge in [-0.2, -0.15) is 0 Å². The quantitative estimate of drug-likeness (QED) is 0.309. The molecule has 0 radical (unpaired) electrons. The van der Waals surface area contributed by atoms with Crippen molar-refractivity contribution in [3.63, 3.8) is 0 Å². The van der Waals surface area contributed by atoms with E-state index in [1.54, 1.807) is 0 Å². The third-order valence-electron chi connectivity index (χ3n) is 4.29. The number of rotatable bonds is 10. The number of ether oxygens (including phenoxy) is 4. The summed E-state index contributed by atoms with van der Waals surface area (Å²) in [6.45, 7) is 0.639. The number of nitro groups is 1. The van der Waals surface area contributed by atoms with Crippen molar-refractivity contribution in [3.05, 3.63) is 50.5 Å². The van der Waals surface area contributed by atoms with Gasteiger partial charge in [-0.05, 0) is 18.2 Å². The van der Waals surface area contributed by atoms with E-state index in [1.165, 1.54) is 52.7 Å². The SMILES string of the molecule is COCCNC(=O)c1ccc(NC(=O)c2cc(OC)c(OC)c(OC)c2[N+](=O)[O-])cc1Cl. The first kappa shape index (κ1) is 24.7. The van der Waals surface area contributed by atoms with E-state index >= 15 is 0 Å². The highest BCUT2D eigenvalue weighted by atomic mass is 35.5. The van der Waals surface area contributed by atoms with Crippen molar-refractivity contribution in [3.8, 4) is 17.2 Å². The molecule has 0 fully saturated rings. The van der Waals surface area contributed by atoms with Crippen molar-refractivity contribution in [2.75, 3.05) is 46.9 Å². The maximum absolute atomic E-state index is 12.9. The predicted octanol–water partition coefficient (Wildman–Crippen LogP) is 2.90. The summed E-state index contributed by atoms with van der Waals surface area (Å²) in [5, 5.41) is 16.9. The number of nitro benzene ring substituents is 1. The van der Waals surface area contributed by atoms with Crippen LogP contribution in [-0.4, -0.2) is 58.3 Å². The molecule has 0 aromatic heterocycles. The van der Waals surface area contributed by atoms with Gasteiger partial charge < -0.3 is 29.6 Å². The van der Waals surface area contributed by atoms with Crippen molar-refractivity contribution in [2.24, 2.45) is 0 Å². The van der Waals surface area contributed by atoms with Crippen molar-refractivity contribution >= 4 is 34.8 Å². The number of carbonyl (C=O) groups excluding carboxylic acids is 2. The van der Waals surface area contributed by atoms with Crippen LogP contribution in [0.25, 0.3) is 0 Å². The molecular formula is C20H22ClN3O8. The summed E-state index contributed by atoms with van der Waals surface area (Å²) >= 11 is 6.18. The van der Waals surface area contributed by atoms with Gasteiger partial charge >= 0.3 is 5.69 Å². The summed E-state index contributed by atoms with van der Waals surface area (Å²) in [5.41, 5.74) is -0.499. The summed E-state index contributed by atoms with van der Waals surface area (Å²) in [4.78, 5) is 36.0. The van der Waals surface area contributed by atoms with E-state index < -0.39 is 22.4 Å². The first-order valence-electron chi connectivity index (χ1n) is 9.14. The molecule has 2 aromatic rings. The second-order valence-electron chi connectivity index (χ2n) is 6.20. The Kier molecular flexibility index (Phi) is 8.62. The Morgan fingerprint density at radius 3 is 2.22 bits per heavy atom. The van der Waals surface area contributed by atoms with E-state index in [2.05, 4.69) is 10.6 Å². The molecule has 2 N–H and O–H groups in total. The summed E-state index contributed by atoms with van der Waals surface area (Å²) in [7, 11) is 5.33. The standard InChI is InChI=1S/C20H22ClN3O8/c1-29-8-7-22-19(25)12-6-5-11(9-14(12)21)23-20(26)13-10-15(30-2)17(31-3)18(32-4)16(13)24(27)28/h5-6,9-10H,7-8H2,1-4H3,(H,22,25)(H,23,26). The number of methoxy groups -OCH3 is 4. The van der Waals surface area contributed by atoms with Gasteiger partial charge in [0.05, 0.1) is 43.4 Å². The number of benzene rings is 2. The molecule has 0 atom stereocenters. The normalized spacial score (nSPS) is 10.3. The Labute approximate surface area is 188 Å². The summed E-state index contributed by atoms with van der Waals surface area (Å²) in [6.07, 6.45) is 0. The molecule has 12 heteroatoms. The lowest BCUT2D eigenvalue weighted by Crippen LogP contribution is -2.27. The first-order chi connectivity index (χ1) is 15.3. The molecule has 2 rings (SSSR count). The summed E-state index contributed by atoms with van der Waals surface area (Å²) in [6, 6.07) is 5.39. The minimum Gasteiger partial charge on any atom is -0.493 e. The number of anilines is 1. The summed E-state index contributed by atoms with van der Waals surface area (Å²) in [5.74, 6) is -1.44. The maximum Gasteiger partial charge on any atom is 0.327 e. The number of nitrogens with one attached hydrogen (secondary N) is 2. The van der Waals surface area contributed by atoms with Gasteiger partial charge in [0.15, 0.2) is 5.75 Å². The monoisotopic (exact) mass is 467 g/mol. The van der Waals surface area contributed by atoms with Crippen LogP contribution < -0.4 is 24.8 Å². The third-order valence-corrected chi connectivity index (χ3v) is 4.61. The molecule has 0 aliphatic heterocycles. The Bertz CT molecular complexity index is 1030. The maximum atomic E-state index is 12.9. The van der Waals surface area contributed by atoms with Crippen molar-refractivity contribution in [2.45, 2.75) is 0 Å². The van der Waals surface area contributed by atoms with E-state index in [4.69, 9.17) is 30.5 Å². The largest absolute Gasteiger partial charge is 0.493 e. The fourth-order valence-electron chi connectivity index (χ4n) is 2.83. The summed E-state index contributed by atoms with van der Waals surface area (Å²) < 4.78 is 20.3. The molecule has 172 valence electrons. The molecular weight excluding hydrogens is 446 g/mol. The number of nitrogens with zero attached hydrogens (tertiary/aromatic N) is 1. The second kappa shape index (κ2) is 11.2. The lowest BCUT2D eigenvalue weighted by Gasteiger charge is -2.15. The molecule has 0 aliphatic carbocycles. The zero-order valence-corrected chi connectivity index (χ0v) is 18.6. The van der Waals surface area contributed by atoms with Crippen LogP contribution in [0.1, 0.15) is 20.7 Å². The molecule has 0 unspecified atom stereocenters. The van der Waals surface area contributed by atoms with E-state index in [1.807, 2.05) is 0 Å². The Morgan fingerprint density at radius 2 is 1.69 bits per heavy atom. The van der Waals surface area contributed by atoms with Crippen LogP contribution in [0.5, 0.6) is 17.2 Å². The van der Waals surface area contributed by atoms with Gasteiger partial charge in [0.1, 0.15) is 5.56 Å². The number of halogens is 1. The van der Waals surface area contributed by atoms with Gasteiger partial charge in [-0.1, -0.05) is 11.6 Å². The third kappa shape index (κ3) is 5.37. The van der Waals surface area contributed by atoms with Gasteiger partial charge in [-0.3, -0.25) is 19.7 Å². The van der Waals surface area contributed by atoms with Gasteiger partial charge in [0.25, 0.3) is 11.8 Å². The molecule has 32 heavy (non-hydrogen) atoms. The smallest absolute Gasteiger partial charge is 0.327 e. The number of hydrogen-bond acceptors (Lipinski definition) is 8. The highest BCUT2D eigenvalue weighted by molar-refractivity contribution is 6.34. The Balaban J connectivity index is 2.37. The van der Waals surface area contributed by atoms with Gasteiger partial charge in [0.2, 0.25) is 11.5 Å².